The van der Waals surface area contributed by atoms with Crippen LogP contribution in [0.2, 0.25) is 0 Å². The van der Waals surface area contributed by atoms with Crippen LogP contribution in [0, 0.1) is 5.82 Å². The smallest absolute Gasteiger partial charge is 0.323 e. The van der Waals surface area contributed by atoms with E-state index in [-0.39, 0.29) is 35.3 Å². The fourth-order valence-electron chi connectivity index (χ4n) is 4.34. The second kappa shape index (κ2) is 13.9. The molecule has 12 heteroatoms. The number of hydrogen-bond donors (Lipinski definition) is 3. The summed E-state index contributed by atoms with van der Waals surface area (Å²) >= 11 is 5.20. The van der Waals surface area contributed by atoms with E-state index in [9.17, 15) is 14.0 Å². The van der Waals surface area contributed by atoms with Gasteiger partial charge >= 0.3 is 6.03 Å². The van der Waals surface area contributed by atoms with Crippen molar-refractivity contribution in [1.29, 1.82) is 0 Å². The molecule has 3 N–H and O–H groups in total. The predicted octanol–water partition coefficient (Wildman–Crippen LogP) is 4.64. The van der Waals surface area contributed by atoms with E-state index in [4.69, 9.17) is 21.7 Å². The Bertz CT molecular complexity index is 1380. The third kappa shape index (κ3) is 8.60. The number of methoxy groups -OCH3 is 1. The zero-order chi connectivity index (χ0) is 29.4. The molecule has 1 aliphatic rings. The van der Waals surface area contributed by atoms with E-state index in [1.807, 2.05) is 0 Å². The Morgan fingerprint density at radius 3 is 2.49 bits per heavy atom. The summed E-state index contributed by atoms with van der Waals surface area (Å²) in [7, 11) is 5.41. The summed E-state index contributed by atoms with van der Waals surface area (Å²) in [6.45, 7) is 1.88. The van der Waals surface area contributed by atoms with Crippen molar-refractivity contribution in [1.82, 2.24) is 20.1 Å². The number of carbonyl (C=O) groups excluding carboxylic acids is 2. The van der Waals surface area contributed by atoms with Crippen LogP contribution in [-0.2, 0) is 11.2 Å². The lowest BCUT2D eigenvalue weighted by Gasteiger charge is -2.34. The van der Waals surface area contributed by atoms with Crippen LogP contribution in [0.1, 0.15) is 18.4 Å². The van der Waals surface area contributed by atoms with Gasteiger partial charge in [0.1, 0.15) is 17.3 Å². The normalized spacial score (nSPS) is 13.7. The topological polar surface area (TPSA) is 108 Å². The first-order valence-electron chi connectivity index (χ1n) is 13.1. The molecule has 0 saturated carbocycles. The maximum atomic E-state index is 14.8. The fraction of sp³-hybridized carbons (Fsp3) is 0.310. The number of benzene rings is 2. The summed E-state index contributed by atoms with van der Waals surface area (Å²) in [5, 5.41) is 8.20. The Morgan fingerprint density at radius 1 is 1.07 bits per heavy atom. The van der Waals surface area contributed by atoms with Crippen LogP contribution in [0.4, 0.5) is 20.7 Å². The average molecular weight is 581 g/mol. The molecule has 0 spiro atoms. The molecule has 0 radical (unpaired) electrons. The highest BCUT2D eigenvalue weighted by atomic mass is 32.1. The minimum Gasteiger partial charge on any atom is -0.497 e. The van der Waals surface area contributed by atoms with Crippen LogP contribution < -0.4 is 25.4 Å². The van der Waals surface area contributed by atoms with Gasteiger partial charge in [0.25, 0.3) is 0 Å². The van der Waals surface area contributed by atoms with Gasteiger partial charge in [0, 0.05) is 37.1 Å². The Balaban J connectivity index is 1.29. The summed E-state index contributed by atoms with van der Waals surface area (Å²) in [6.07, 6.45) is 3.40. The number of nitrogens with zero attached hydrogens (tertiary/aromatic N) is 3. The molecule has 1 aliphatic heterocycles. The monoisotopic (exact) mass is 580 g/mol. The Kier molecular flexibility index (Phi) is 10.0. The molecule has 3 amide bonds. The number of thiocarbonyl (C=S) groups is 1. The van der Waals surface area contributed by atoms with Gasteiger partial charge in [0.2, 0.25) is 5.91 Å². The van der Waals surface area contributed by atoms with E-state index in [0.29, 0.717) is 23.0 Å². The molecule has 2 heterocycles. The summed E-state index contributed by atoms with van der Waals surface area (Å²) in [5.41, 5.74) is 1.13. The zero-order valence-electron chi connectivity index (χ0n) is 23.1. The summed E-state index contributed by atoms with van der Waals surface area (Å²) in [4.78, 5) is 33.2. The minimum absolute atomic E-state index is 0.0306. The zero-order valence-corrected chi connectivity index (χ0v) is 24.0. The maximum absolute atomic E-state index is 14.8. The van der Waals surface area contributed by atoms with Crippen molar-refractivity contribution in [2.45, 2.75) is 25.3 Å². The van der Waals surface area contributed by atoms with E-state index in [0.717, 1.165) is 31.5 Å². The predicted molar refractivity (Wildman–Crippen MR) is 159 cm³/mol. The quantitative estimate of drug-likeness (QED) is 0.331. The van der Waals surface area contributed by atoms with E-state index >= 15 is 0 Å². The van der Waals surface area contributed by atoms with Crippen molar-refractivity contribution in [3.63, 3.8) is 0 Å². The molecule has 1 fully saturated rings. The molecular formula is C29H33FN6O4S. The number of aromatic nitrogens is 1. The summed E-state index contributed by atoms with van der Waals surface area (Å²) in [6, 6.07) is 14.3. The number of pyridine rings is 1. The van der Waals surface area contributed by atoms with Gasteiger partial charge in [-0.3, -0.25) is 10.1 Å². The summed E-state index contributed by atoms with van der Waals surface area (Å²) in [5.74, 6) is 0.304. The van der Waals surface area contributed by atoms with Gasteiger partial charge in [-0.1, -0.05) is 12.1 Å². The number of carbonyl (C=O) groups is 2. The number of halogens is 1. The number of ether oxygens (including phenoxy) is 2. The van der Waals surface area contributed by atoms with Crippen LogP contribution in [0.25, 0.3) is 0 Å². The van der Waals surface area contributed by atoms with E-state index in [2.05, 4.69) is 32.9 Å². The van der Waals surface area contributed by atoms with Crippen molar-refractivity contribution in [3.05, 3.63) is 72.2 Å². The van der Waals surface area contributed by atoms with Crippen molar-refractivity contribution in [3.8, 4) is 17.2 Å². The van der Waals surface area contributed by atoms with Crippen LogP contribution in [0.5, 0.6) is 17.2 Å². The molecule has 0 atom stereocenters. The number of nitrogens with one attached hydrogen (secondary N) is 3. The largest absolute Gasteiger partial charge is 0.497 e. The average Bonchev–Trinajstić information content (AvgIpc) is 2.95. The SMILES string of the molecule is COc1ccc(CC(=O)NC(=S)Nc2ccc(Oc3ccnc(NC(=O)N(C)C4CCN(C)CC4)c3)c(F)c2)cc1. The number of anilines is 2. The first-order chi connectivity index (χ1) is 19.7. The molecule has 0 unspecified atom stereocenters. The molecule has 2 aromatic carbocycles. The van der Waals surface area contributed by atoms with Gasteiger partial charge in [-0.25, -0.2) is 14.2 Å². The van der Waals surface area contributed by atoms with Gasteiger partial charge in [-0.15, -0.1) is 0 Å². The van der Waals surface area contributed by atoms with Crippen molar-refractivity contribution >= 4 is 40.8 Å². The molecule has 0 bridgehead atoms. The molecule has 216 valence electrons. The number of amides is 3. The molecule has 3 aromatic rings. The number of likely N-dealkylation sites (tertiary alicyclic amines) is 1. The van der Waals surface area contributed by atoms with Crippen molar-refractivity contribution in [2.75, 3.05) is 44.9 Å². The molecule has 1 aromatic heterocycles. The molecular weight excluding hydrogens is 547 g/mol. The van der Waals surface area contributed by atoms with Gasteiger partial charge in [0.15, 0.2) is 16.7 Å². The summed E-state index contributed by atoms with van der Waals surface area (Å²) < 4.78 is 25.7. The van der Waals surface area contributed by atoms with E-state index < -0.39 is 5.82 Å². The molecule has 0 aliphatic carbocycles. The van der Waals surface area contributed by atoms with Crippen LogP contribution in [0.3, 0.4) is 0 Å². The Hall–Kier alpha value is -4.29. The standard InChI is InChI=1S/C29H33FN6O4S/c1-35-14-11-21(12-15-35)36(2)29(38)33-26-18-23(10-13-31-26)40-25-9-6-20(17-24(25)30)32-28(41)34-27(37)16-19-4-7-22(39-3)8-5-19/h4-10,13,17-18,21H,11-12,14-16H2,1-3H3,(H,31,33,38)(H2,32,34,37,41). The third-order valence-corrected chi connectivity index (χ3v) is 6.92. The van der Waals surface area contributed by atoms with Gasteiger partial charge in [-0.2, -0.15) is 0 Å². The minimum atomic E-state index is -0.647. The lowest BCUT2D eigenvalue weighted by atomic mass is 10.0. The highest BCUT2D eigenvalue weighted by molar-refractivity contribution is 7.80. The molecule has 4 rings (SSSR count). The van der Waals surface area contributed by atoms with Gasteiger partial charge < -0.3 is 29.9 Å². The number of hydrogen-bond acceptors (Lipinski definition) is 7. The Labute approximate surface area is 243 Å². The fourth-order valence-corrected chi connectivity index (χ4v) is 4.57. The van der Waals surface area contributed by atoms with Crippen molar-refractivity contribution < 1.29 is 23.5 Å². The second-order valence-electron chi connectivity index (χ2n) is 9.73. The molecule has 41 heavy (non-hydrogen) atoms. The number of rotatable bonds is 8. The molecule has 10 nitrogen and oxygen atoms in total. The van der Waals surface area contributed by atoms with Gasteiger partial charge in [0.05, 0.1) is 13.5 Å². The Morgan fingerprint density at radius 2 is 1.80 bits per heavy atom. The van der Waals surface area contributed by atoms with Crippen LogP contribution in [-0.4, -0.2) is 72.2 Å². The van der Waals surface area contributed by atoms with E-state index in [1.54, 1.807) is 55.5 Å². The maximum Gasteiger partial charge on any atom is 0.323 e. The highest BCUT2D eigenvalue weighted by Crippen LogP contribution is 2.28. The lowest BCUT2D eigenvalue weighted by molar-refractivity contribution is -0.119. The van der Waals surface area contributed by atoms with E-state index in [1.165, 1.54) is 24.4 Å². The third-order valence-electron chi connectivity index (χ3n) is 6.72. The first kappa shape index (κ1) is 29.7. The second-order valence-corrected chi connectivity index (χ2v) is 10.1. The number of urea groups is 1. The van der Waals surface area contributed by atoms with Crippen molar-refractivity contribution in [2.24, 2.45) is 0 Å². The van der Waals surface area contributed by atoms with Gasteiger partial charge in [-0.05, 0) is 81.1 Å². The van der Waals surface area contributed by atoms with Crippen LogP contribution in [0.15, 0.2) is 60.8 Å². The highest BCUT2D eigenvalue weighted by Gasteiger charge is 2.24. The number of piperidine rings is 1. The van der Waals surface area contributed by atoms with Crippen LogP contribution >= 0.6 is 12.2 Å². The molecule has 1 saturated heterocycles. The lowest BCUT2D eigenvalue weighted by Crippen LogP contribution is -2.46. The first-order valence-corrected chi connectivity index (χ1v) is 13.5.